The third-order valence-corrected chi connectivity index (χ3v) is 5.42. The van der Waals surface area contributed by atoms with Crippen molar-refractivity contribution in [2.24, 2.45) is 11.8 Å². The van der Waals surface area contributed by atoms with Crippen LogP contribution in [-0.4, -0.2) is 29.8 Å². The molecular formula is C19H27N3O3S. The Labute approximate surface area is 158 Å². The lowest BCUT2D eigenvalue weighted by Crippen LogP contribution is -2.30. The summed E-state index contributed by atoms with van der Waals surface area (Å²) in [5.41, 5.74) is 5.36. The Hall–Kier alpha value is -1.86. The van der Waals surface area contributed by atoms with E-state index in [1.165, 1.54) is 31.0 Å². The maximum absolute atomic E-state index is 12.4. The van der Waals surface area contributed by atoms with Crippen LogP contribution in [0.3, 0.4) is 0 Å². The minimum atomic E-state index is -0.416. The quantitative estimate of drug-likeness (QED) is 0.123. The summed E-state index contributed by atoms with van der Waals surface area (Å²) in [5, 5.41) is 8.70. The van der Waals surface area contributed by atoms with E-state index in [1.807, 2.05) is 24.7 Å². The summed E-state index contributed by atoms with van der Waals surface area (Å²) in [6.07, 6.45) is 7.23. The Kier molecular flexibility index (Phi) is 7.66. The maximum Gasteiger partial charge on any atom is 0.338 e. The van der Waals surface area contributed by atoms with E-state index in [2.05, 4.69) is 0 Å². The number of nitrogens with two attached hydrogens (primary N) is 1. The SMILES string of the molecule is CSC(=N)c1cc(C(=O)OCCCC(=O)NN)c(C)cc1CC1CCC1. The number of hydrazine groups is 1. The molecule has 1 aliphatic rings. The molecule has 7 heteroatoms. The third-order valence-electron chi connectivity index (χ3n) is 4.79. The Morgan fingerprint density at radius 1 is 1.35 bits per heavy atom. The van der Waals surface area contributed by atoms with Crippen LogP contribution in [0.25, 0.3) is 0 Å². The van der Waals surface area contributed by atoms with Crippen molar-refractivity contribution in [2.75, 3.05) is 12.9 Å². The first-order valence-electron chi connectivity index (χ1n) is 8.89. The zero-order valence-corrected chi connectivity index (χ0v) is 16.2. The summed E-state index contributed by atoms with van der Waals surface area (Å²) in [4.78, 5) is 23.5. The standard InChI is InChI=1S/C19H27N3O3S/c1-12-9-14(10-13-5-3-6-13)16(18(20)26-2)11-15(12)19(24)25-8-4-7-17(23)22-21/h9,11,13,20H,3-8,10,21H2,1-2H3,(H,22,23). The van der Waals surface area contributed by atoms with Gasteiger partial charge in [0, 0.05) is 12.0 Å². The van der Waals surface area contributed by atoms with Gasteiger partial charge in [0.1, 0.15) is 0 Å². The zero-order valence-electron chi connectivity index (χ0n) is 15.4. The summed E-state index contributed by atoms with van der Waals surface area (Å²) >= 11 is 1.37. The number of hydrogen-bond donors (Lipinski definition) is 3. The van der Waals surface area contributed by atoms with E-state index >= 15 is 0 Å². The highest BCUT2D eigenvalue weighted by Crippen LogP contribution is 2.32. The Morgan fingerprint density at radius 2 is 2.08 bits per heavy atom. The summed E-state index contributed by atoms with van der Waals surface area (Å²) in [7, 11) is 0. The molecule has 142 valence electrons. The summed E-state index contributed by atoms with van der Waals surface area (Å²) in [5.74, 6) is 5.01. The lowest BCUT2D eigenvalue weighted by atomic mass is 9.79. The van der Waals surface area contributed by atoms with Crippen LogP contribution in [0, 0.1) is 18.3 Å². The van der Waals surface area contributed by atoms with Crippen LogP contribution in [-0.2, 0) is 16.0 Å². The van der Waals surface area contributed by atoms with Crippen molar-refractivity contribution in [3.63, 3.8) is 0 Å². The van der Waals surface area contributed by atoms with Gasteiger partial charge >= 0.3 is 5.97 Å². The minimum Gasteiger partial charge on any atom is -0.462 e. The lowest BCUT2D eigenvalue weighted by molar-refractivity contribution is -0.121. The second-order valence-electron chi connectivity index (χ2n) is 6.67. The molecule has 6 nitrogen and oxygen atoms in total. The largest absolute Gasteiger partial charge is 0.462 e. The van der Waals surface area contributed by atoms with Gasteiger partial charge in [-0.3, -0.25) is 15.6 Å². The monoisotopic (exact) mass is 377 g/mol. The normalized spacial score (nSPS) is 13.8. The maximum atomic E-state index is 12.4. The van der Waals surface area contributed by atoms with Gasteiger partial charge in [-0.1, -0.05) is 25.3 Å². The molecule has 1 aromatic rings. The number of amides is 1. The molecule has 0 unspecified atom stereocenters. The van der Waals surface area contributed by atoms with Crippen LogP contribution in [0.4, 0.5) is 0 Å². The fourth-order valence-corrected chi connectivity index (χ4v) is 3.44. The number of benzene rings is 1. The fourth-order valence-electron chi connectivity index (χ4n) is 3.03. The van der Waals surface area contributed by atoms with E-state index < -0.39 is 5.97 Å². The molecule has 0 saturated heterocycles. The molecule has 2 rings (SSSR count). The molecule has 0 heterocycles. The second kappa shape index (κ2) is 9.73. The van der Waals surface area contributed by atoms with Gasteiger partial charge in [-0.05, 0) is 49.1 Å². The van der Waals surface area contributed by atoms with Gasteiger partial charge in [-0.2, -0.15) is 0 Å². The van der Waals surface area contributed by atoms with E-state index in [-0.39, 0.29) is 18.9 Å². The average molecular weight is 378 g/mol. The van der Waals surface area contributed by atoms with Crippen LogP contribution in [0.5, 0.6) is 0 Å². The Morgan fingerprint density at radius 3 is 2.65 bits per heavy atom. The molecule has 1 amide bonds. The van der Waals surface area contributed by atoms with Gasteiger partial charge in [0.15, 0.2) is 0 Å². The number of thioether (sulfide) groups is 1. The van der Waals surface area contributed by atoms with Crippen molar-refractivity contribution in [3.05, 3.63) is 34.4 Å². The smallest absolute Gasteiger partial charge is 0.338 e. The van der Waals surface area contributed by atoms with Crippen LogP contribution in [0.2, 0.25) is 0 Å². The topological polar surface area (TPSA) is 105 Å². The molecule has 0 aliphatic heterocycles. The van der Waals surface area contributed by atoms with Crippen molar-refractivity contribution >= 4 is 28.7 Å². The van der Waals surface area contributed by atoms with Gasteiger partial charge in [0.05, 0.1) is 17.2 Å². The number of aryl methyl sites for hydroxylation is 1. The molecule has 0 aromatic heterocycles. The van der Waals surface area contributed by atoms with Crippen LogP contribution >= 0.6 is 11.8 Å². The fraction of sp³-hybridized carbons (Fsp3) is 0.526. The molecule has 4 N–H and O–H groups in total. The number of carbonyl (C=O) groups is 2. The molecule has 26 heavy (non-hydrogen) atoms. The molecule has 1 aromatic carbocycles. The molecule has 1 fully saturated rings. The predicted molar refractivity (Wildman–Crippen MR) is 104 cm³/mol. The van der Waals surface area contributed by atoms with Crippen LogP contribution in [0.15, 0.2) is 12.1 Å². The number of esters is 1. The second-order valence-corrected chi connectivity index (χ2v) is 7.48. The molecule has 0 bridgehead atoms. The van der Waals surface area contributed by atoms with E-state index in [0.717, 1.165) is 23.1 Å². The van der Waals surface area contributed by atoms with Crippen molar-refractivity contribution in [1.82, 2.24) is 5.43 Å². The first-order chi connectivity index (χ1) is 12.5. The zero-order chi connectivity index (χ0) is 19.1. The van der Waals surface area contributed by atoms with E-state index in [0.29, 0.717) is 22.9 Å². The third kappa shape index (κ3) is 5.32. The number of hydrogen-bond acceptors (Lipinski definition) is 6. The number of rotatable bonds is 8. The summed E-state index contributed by atoms with van der Waals surface area (Å²) in [6, 6.07) is 3.81. The Bertz CT molecular complexity index is 687. The lowest BCUT2D eigenvalue weighted by Gasteiger charge is -2.26. The number of ether oxygens (including phenoxy) is 1. The molecule has 1 saturated carbocycles. The van der Waals surface area contributed by atoms with E-state index in [4.69, 9.17) is 16.0 Å². The average Bonchev–Trinajstić information content (AvgIpc) is 2.60. The van der Waals surface area contributed by atoms with Gasteiger partial charge in [-0.15, -0.1) is 11.8 Å². The van der Waals surface area contributed by atoms with Gasteiger partial charge in [0.2, 0.25) is 5.91 Å². The molecule has 0 spiro atoms. The van der Waals surface area contributed by atoms with Gasteiger partial charge in [-0.25, -0.2) is 10.6 Å². The highest BCUT2D eigenvalue weighted by Gasteiger charge is 2.22. The molecular weight excluding hydrogens is 350 g/mol. The molecule has 0 radical (unpaired) electrons. The van der Waals surface area contributed by atoms with Crippen LogP contribution < -0.4 is 11.3 Å². The Balaban J connectivity index is 2.10. The molecule has 0 atom stereocenters. The van der Waals surface area contributed by atoms with Gasteiger partial charge < -0.3 is 4.74 Å². The van der Waals surface area contributed by atoms with E-state index in [9.17, 15) is 9.59 Å². The van der Waals surface area contributed by atoms with Crippen LogP contribution in [0.1, 0.15) is 59.2 Å². The first kappa shape index (κ1) is 20.5. The first-order valence-corrected chi connectivity index (χ1v) is 10.1. The highest BCUT2D eigenvalue weighted by molar-refractivity contribution is 8.13. The minimum absolute atomic E-state index is 0.158. The van der Waals surface area contributed by atoms with E-state index in [1.54, 1.807) is 6.07 Å². The number of carbonyl (C=O) groups excluding carboxylic acids is 2. The van der Waals surface area contributed by atoms with Gasteiger partial charge in [0.25, 0.3) is 0 Å². The molecule has 1 aliphatic carbocycles. The van der Waals surface area contributed by atoms with Crippen molar-refractivity contribution in [1.29, 1.82) is 5.41 Å². The van der Waals surface area contributed by atoms with Crippen molar-refractivity contribution < 1.29 is 14.3 Å². The summed E-state index contributed by atoms with van der Waals surface area (Å²) in [6.45, 7) is 2.06. The highest BCUT2D eigenvalue weighted by atomic mass is 32.2. The predicted octanol–water partition coefficient (Wildman–Crippen LogP) is 2.95. The van der Waals surface area contributed by atoms with Crippen molar-refractivity contribution in [2.45, 2.75) is 45.4 Å². The van der Waals surface area contributed by atoms with Crippen molar-refractivity contribution in [3.8, 4) is 0 Å². The number of nitrogens with one attached hydrogen (secondary N) is 2. The summed E-state index contributed by atoms with van der Waals surface area (Å²) < 4.78 is 5.29.